The Bertz CT molecular complexity index is 3630. The first-order valence-electron chi connectivity index (χ1n) is 21.4. The molecule has 2 aliphatic rings. The first kappa shape index (κ1) is 33.5. The van der Waals surface area contributed by atoms with E-state index >= 15 is 0 Å². The van der Waals surface area contributed by atoms with Gasteiger partial charge in [-0.3, -0.25) is 0 Å². The number of nitrogens with zero attached hydrogens (tertiary/aromatic N) is 2. The molecule has 0 amide bonds. The van der Waals surface area contributed by atoms with Crippen molar-refractivity contribution in [3.8, 4) is 16.8 Å². The summed E-state index contributed by atoms with van der Waals surface area (Å²) < 4.78 is 5.09. The quantitative estimate of drug-likeness (QED) is 0.178. The Kier molecular flexibility index (Phi) is 6.44. The summed E-state index contributed by atoms with van der Waals surface area (Å²) >= 11 is 0. The number of fused-ring (bicyclic) bond motifs is 13. The number of hydrogen-bond acceptors (Lipinski definition) is 1. The van der Waals surface area contributed by atoms with E-state index in [9.17, 15) is 0 Å². The largest absolute Gasteiger partial charge is 0.354 e. The van der Waals surface area contributed by atoms with Crippen molar-refractivity contribution < 1.29 is 0 Å². The van der Waals surface area contributed by atoms with Crippen molar-refractivity contribution in [2.24, 2.45) is 0 Å². The highest BCUT2D eigenvalue weighted by molar-refractivity contribution is 6.74. The molecule has 59 heavy (non-hydrogen) atoms. The number of hydrogen-bond donors (Lipinski definition) is 1. The zero-order valence-electron chi connectivity index (χ0n) is 34.3. The second-order valence-corrected chi connectivity index (χ2v) is 18.9. The van der Waals surface area contributed by atoms with Crippen LogP contribution in [0.2, 0.25) is 0 Å². The van der Waals surface area contributed by atoms with Crippen LogP contribution < -0.4 is 16.2 Å². The minimum Gasteiger partial charge on any atom is -0.354 e. The SMILES string of the molecule is Cc1cc2c(cc1Nc1c(-c3c4c(cc5ccccc35)-n3c5ccccc5c5cccc(c53)B4)cc3c4ccccc4n4c5ccccc5c1c34)C(C)(C)CCC2(C)C. The molecule has 0 unspecified atom stereocenters. The number of aryl methyl sites for hydroxylation is 1. The average Bonchev–Trinajstić information content (AvgIpc) is 3.89. The topological polar surface area (TPSA) is 21.4 Å². The van der Waals surface area contributed by atoms with Crippen molar-refractivity contribution >= 4 is 100 Å². The molecule has 0 atom stereocenters. The molecule has 1 N–H and O–H groups in total. The van der Waals surface area contributed by atoms with Gasteiger partial charge in [-0.2, -0.15) is 0 Å². The summed E-state index contributed by atoms with van der Waals surface area (Å²) in [5.41, 5.74) is 19.8. The van der Waals surface area contributed by atoms with E-state index in [1.54, 1.807) is 0 Å². The van der Waals surface area contributed by atoms with E-state index < -0.39 is 0 Å². The summed E-state index contributed by atoms with van der Waals surface area (Å²) in [6.07, 6.45) is 2.38. The molecule has 0 fully saturated rings. The van der Waals surface area contributed by atoms with Crippen LogP contribution in [0.5, 0.6) is 0 Å². The lowest BCUT2D eigenvalue weighted by molar-refractivity contribution is 0.332. The molecule has 3 aromatic heterocycles. The highest BCUT2D eigenvalue weighted by Crippen LogP contribution is 2.51. The van der Waals surface area contributed by atoms with Crippen molar-refractivity contribution in [2.75, 3.05) is 5.32 Å². The highest BCUT2D eigenvalue weighted by atomic mass is 15.0. The normalized spacial score (nSPS) is 15.5. The van der Waals surface area contributed by atoms with Crippen LogP contribution >= 0.6 is 0 Å². The minimum atomic E-state index is 0.0878. The summed E-state index contributed by atoms with van der Waals surface area (Å²) in [7, 11) is 0.857. The molecule has 0 spiro atoms. The van der Waals surface area contributed by atoms with Crippen molar-refractivity contribution in [3.05, 3.63) is 156 Å². The molecular weight excluding hydrogens is 713 g/mol. The van der Waals surface area contributed by atoms with Crippen molar-refractivity contribution in [1.82, 2.24) is 8.97 Å². The molecule has 0 bridgehead atoms. The van der Waals surface area contributed by atoms with Crippen molar-refractivity contribution in [3.63, 3.8) is 0 Å². The lowest BCUT2D eigenvalue weighted by atomic mass is 9.58. The third-order valence-electron chi connectivity index (χ3n) is 14.6. The Labute approximate surface area is 344 Å². The molecule has 0 saturated heterocycles. The lowest BCUT2D eigenvalue weighted by Crippen LogP contribution is -2.37. The second-order valence-electron chi connectivity index (χ2n) is 18.9. The van der Waals surface area contributed by atoms with Gasteiger partial charge in [-0.25, -0.2) is 0 Å². The van der Waals surface area contributed by atoms with Gasteiger partial charge in [-0.05, 0) is 105 Å². The lowest BCUT2D eigenvalue weighted by Gasteiger charge is -2.42. The van der Waals surface area contributed by atoms with Gasteiger partial charge in [-0.1, -0.05) is 136 Å². The summed E-state index contributed by atoms with van der Waals surface area (Å²) in [6, 6.07) is 53.0. The molecule has 282 valence electrons. The Morgan fingerprint density at radius 3 is 1.93 bits per heavy atom. The van der Waals surface area contributed by atoms with Crippen molar-refractivity contribution in [1.29, 1.82) is 0 Å². The molecule has 8 aromatic carbocycles. The molecule has 4 heteroatoms. The maximum atomic E-state index is 4.30. The van der Waals surface area contributed by atoms with Crippen LogP contribution in [-0.4, -0.2) is 16.2 Å². The summed E-state index contributed by atoms with van der Waals surface area (Å²) in [5, 5.41) is 14.6. The van der Waals surface area contributed by atoms with Gasteiger partial charge in [-0.15, -0.1) is 0 Å². The van der Waals surface area contributed by atoms with Crippen LogP contribution in [-0.2, 0) is 10.8 Å². The Morgan fingerprint density at radius 1 is 0.559 bits per heavy atom. The van der Waals surface area contributed by atoms with Crippen LogP contribution in [0.3, 0.4) is 0 Å². The molecule has 4 heterocycles. The van der Waals surface area contributed by atoms with E-state index in [0.717, 1.165) is 7.28 Å². The third-order valence-corrected chi connectivity index (χ3v) is 14.6. The standard InChI is InChI=1S/C55H44BN3/c1-31-27-40-41(55(4,5)26-25-54(40,2)3)30-43(31)57-51-39(29-38-35-18-9-12-23-45(35)58-46-24-13-10-19-37(46)49(51)53(38)58)48-33-16-7-6-15-32(33)28-47-50(48)56-42-21-14-20-36-34-17-8-11-22-44(34)59(47)52(36)42/h6-24,27-30,56-57H,25-26H2,1-5H3. The molecule has 13 rings (SSSR count). The van der Waals surface area contributed by atoms with E-state index in [1.807, 2.05) is 0 Å². The molecule has 3 nitrogen and oxygen atoms in total. The Balaban J connectivity index is 1.20. The van der Waals surface area contributed by atoms with Gasteiger partial charge in [0.05, 0.1) is 27.8 Å². The highest BCUT2D eigenvalue weighted by Gasteiger charge is 2.38. The molecular formula is C55H44BN3. The maximum absolute atomic E-state index is 4.30. The summed E-state index contributed by atoms with van der Waals surface area (Å²) in [4.78, 5) is 0. The van der Waals surface area contributed by atoms with E-state index in [0.29, 0.717) is 0 Å². The van der Waals surface area contributed by atoms with Gasteiger partial charge < -0.3 is 14.3 Å². The van der Waals surface area contributed by atoms with Crippen LogP contribution in [0.4, 0.5) is 11.4 Å². The first-order chi connectivity index (χ1) is 28.7. The number of benzene rings is 8. The zero-order valence-corrected chi connectivity index (χ0v) is 34.3. The first-order valence-corrected chi connectivity index (χ1v) is 21.4. The van der Waals surface area contributed by atoms with Crippen LogP contribution in [0.1, 0.15) is 57.2 Å². The molecule has 0 radical (unpaired) electrons. The van der Waals surface area contributed by atoms with E-state index in [1.165, 1.54) is 139 Å². The fourth-order valence-corrected chi connectivity index (χ4v) is 11.6. The van der Waals surface area contributed by atoms with E-state index in [2.05, 4.69) is 188 Å². The average molecular weight is 758 g/mol. The predicted octanol–water partition coefficient (Wildman–Crippen LogP) is 12.9. The fraction of sp³-hybridized carbons (Fsp3) is 0.164. The smallest absolute Gasteiger partial charge is 0.198 e. The van der Waals surface area contributed by atoms with E-state index in [4.69, 9.17) is 0 Å². The Morgan fingerprint density at radius 2 is 1.17 bits per heavy atom. The van der Waals surface area contributed by atoms with Crippen LogP contribution in [0.25, 0.3) is 87.5 Å². The molecule has 0 saturated carbocycles. The maximum Gasteiger partial charge on any atom is 0.198 e. The van der Waals surface area contributed by atoms with Crippen LogP contribution in [0, 0.1) is 6.92 Å². The summed E-state index contributed by atoms with van der Waals surface area (Å²) in [6.45, 7) is 12.0. The second kappa shape index (κ2) is 11.4. The van der Waals surface area contributed by atoms with Gasteiger partial charge in [0.2, 0.25) is 0 Å². The van der Waals surface area contributed by atoms with Gasteiger partial charge in [0.15, 0.2) is 7.28 Å². The number of para-hydroxylation sites is 4. The van der Waals surface area contributed by atoms with Gasteiger partial charge in [0.25, 0.3) is 0 Å². The van der Waals surface area contributed by atoms with Gasteiger partial charge in [0.1, 0.15) is 0 Å². The van der Waals surface area contributed by atoms with Crippen molar-refractivity contribution in [2.45, 2.75) is 58.3 Å². The summed E-state index contributed by atoms with van der Waals surface area (Å²) in [5.74, 6) is 0. The number of aromatic nitrogens is 2. The van der Waals surface area contributed by atoms with E-state index in [-0.39, 0.29) is 10.8 Å². The zero-order chi connectivity index (χ0) is 39.5. The van der Waals surface area contributed by atoms with Gasteiger partial charge in [0, 0.05) is 54.8 Å². The number of rotatable bonds is 3. The number of nitrogens with one attached hydrogen (secondary N) is 1. The third kappa shape index (κ3) is 4.34. The number of anilines is 2. The van der Waals surface area contributed by atoms with Gasteiger partial charge >= 0.3 is 0 Å². The predicted molar refractivity (Wildman–Crippen MR) is 255 cm³/mol. The molecule has 1 aliphatic carbocycles. The Hall–Kier alpha value is -6.52. The van der Waals surface area contributed by atoms with Crippen LogP contribution in [0.15, 0.2) is 140 Å². The molecule has 11 aromatic rings. The minimum absolute atomic E-state index is 0.0878. The molecule has 1 aliphatic heterocycles. The monoisotopic (exact) mass is 757 g/mol. The fourth-order valence-electron chi connectivity index (χ4n) is 11.6.